The van der Waals surface area contributed by atoms with Gasteiger partial charge in [0.2, 0.25) is 0 Å². The lowest BCUT2D eigenvalue weighted by Gasteiger charge is -2.04. The number of ether oxygens (including phenoxy) is 1. The molecule has 2 aromatic heterocycles. The molecular formula is C19H18N4O2. The van der Waals surface area contributed by atoms with Crippen molar-refractivity contribution in [3.8, 4) is 17.1 Å². The molecule has 0 saturated heterocycles. The summed E-state index contributed by atoms with van der Waals surface area (Å²) >= 11 is 0. The van der Waals surface area contributed by atoms with Crippen LogP contribution in [0.15, 0.2) is 53.1 Å². The number of anilines is 1. The van der Waals surface area contributed by atoms with E-state index in [1.54, 1.807) is 13.3 Å². The number of benzene rings is 2. The molecule has 4 aromatic rings. The zero-order chi connectivity index (χ0) is 17.2. The van der Waals surface area contributed by atoms with Gasteiger partial charge in [-0.3, -0.25) is 5.10 Å². The Morgan fingerprint density at radius 1 is 1.16 bits per heavy atom. The number of nitrogens with zero attached hydrogens (tertiary/aromatic N) is 2. The van der Waals surface area contributed by atoms with Gasteiger partial charge in [-0.1, -0.05) is 12.1 Å². The summed E-state index contributed by atoms with van der Waals surface area (Å²) in [4.78, 5) is 4.31. The summed E-state index contributed by atoms with van der Waals surface area (Å²) in [5.41, 5.74) is 4.07. The van der Waals surface area contributed by atoms with Gasteiger partial charge in [-0.05, 0) is 42.8 Å². The predicted molar refractivity (Wildman–Crippen MR) is 96.6 cm³/mol. The number of nitrogens with one attached hydrogen (secondary N) is 2. The number of aryl methyl sites for hydroxylation is 1. The van der Waals surface area contributed by atoms with Crippen LogP contribution in [-0.2, 0) is 6.54 Å². The Morgan fingerprint density at radius 3 is 2.80 bits per heavy atom. The molecule has 0 aliphatic carbocycles. The van der Waals surface area contributed by atoms with Gasteiger partial charge in [0, 0.05) is 23.2 Å². The van der Waals surface area contributed by atoms with Crippen molar-refractivity contribution in [1.82, 2.24) is 15.2 Å². The first-order valence-electron chi connectivity index (χ1n) is 8.00. The first-order valence-corrected chi connectivity index (χ1v) is 8.00. The van der Waals surface area contributed by atoms with Crippen molar-refractivity contribution >= 4 is 16.9 Å². The highest BCUT2D eigenvalue weighted by molar-refractivity contribution is 5.85. The molecule has 0 unspecified atom stereocenters. The Balaban J connectivity index is 1.49. The third-order valence-corrected chi connectivity index (χ3v) is 4.14. The first-order chi connectivity index (χ1) is 12.2. The number of aromatic amines is 1. The third kappa shape index (κ3) is 3.06. The topological polar surface area (TPSA) is 76.0 Å². The van der Waals surface area contributed by atoms with Crippen molar-refractivity contribution in [2.75, 3.05) is 12.4 Å². The fourth-order valence-electron chi connectivity index (χ4n) is 2.70. The van der Waals surface area contributed by atoms with Crippen LogP contribution in [0, 0.1) is 6.92 Å². The lowest BCUT2D eigenvalue weighted by molar-refractivity contribution is 0.414. The van der Waals surface area contributed by atoms with Crippen LogP contribution < -0.4 is 10.1 Å². The largest absolute Gasteiger partial charge is 0.497 e. The van der Waals surface area contributed by atoms with Gasteiger partial charge in [0.1, 0.15) is 5.75 Å². The number of aromatic nitrogens is 3. The molecule has 6 nitrogen and oxygen atoms in total. The number of oxazole rings is 1. The number of rotatable bonds is 5. The second-order valence-electron chi connectivity index (χ2n) is 5.81. The van der Waals surface area contributed by atoms with Gasteiger partial charge in [0.15, 0.2) is 5.76 Å². The number of H-pyrrole nitrogens is 1. The molecule has 6 heteroatoms. The fourth-order valence-corrected chi connectivity index (χ4v) is 2.70. The van der Waals surface area contributed by atoms with Gasteiger partial charge in [0.05, 0.1) is 18.8 Å². The molecule has 0 spiro atoms. The maximum Gasteiger partial charge on any atom is 0.295 e. The average molecular weight is 334 g/mol. The smallest absolute Gasteiger partial charge is 0.295 e. The number of hydrogen-bond acceptors (Lipinski definition) is 5. The minimum atomic E-state index is 0.495. The Labute approximate surface area is 144 Å². The molecule has 0 saturated carbocycles. The Hall–Kier alpha value is -3.28. The van der Waals surface area contributed by atoms with E-state index < -0.39 is 0 Å². The quantitative estimate of drug-likeness (QED) is 0.573. The standard InChI is InChI=1S/C19H18N4O2/c1-12-16-9-14(5-8-17(16)23-22-12)18-11-21-19(25-18)20-10-13-3-6-15(24-2)7-4-13/h3-9,11H,10H2,1-2H3,(H,20,21)(H,22,23). The Bertz CT molecular complexity index is 1000. The average Bonchev–Trinajstić information content (AvgIpc) is 3.27. The van der Waals surface area contributed by atoms with Crippen LogP contribution >= 0.6 is 0 Å². The fraction of sp³-hybridized carbons (Fsp3) is 0.158. The summed E-state index contributed by atoms with van der Waals surface area (Å²) < 4.78 is 11.0. The molecule has 4 rings (SSSR count). The van der Waals surface area contributed by atoms with Crippen LogP contribution in [-0.4, -0.2) is 22.3 Å². The molecular weight excluding hydrogens is 316 g/mol. The van der Waals surface area contributed by atoms with Crippen molar-refractivity contribution < 1.29 is 9.15 Å². The first kappa shape index (κ1) is 15.3. The maximum atomic E-state index is 5.82. The predicted octanol–water partition coefficient (Wildman–Crippen LogP) is 4.15. The molecule has 126 valence electrons. The highest BCUT2D eigenvalue weighted by Crippen LogP contribution is 2.27. The maximum absolute atomic E-state index is 5.82. The van der Waals surface area contributed by atoms with Gasteiger partial charge in [-0.25, -0.2) is 4.98 Å². The zero-order valence-electron chi connectivity index (χ0n) is 14.0. The van der Waals surface area contributed by atoms with Crippen LogP contribution in [0.2, 0.25) is 0 Å². The van der Waals surface area contributed by atoms with Crippen LogP contribution in [0.4, 0.5) is 6.01 Å². The van der Waals surface area contributed by atoms with E-state index in [0.717, 1.165) is 39.2 Å². The summed E-state index contributed by atoms with van der Waals surface area (Å²) in [6.07, 6.45) is 1.73. The monoisotopic (exact) mass is 334 g/mol. The van der Waals surface area contributed by atoms with E-state index >= 15 is 0 Å². The molecule has 2 heterocycles. The molecule has 0 fully saturated rings. The summed E-state index contributed by atoms with van der Waals surface area (Å²) in [6, 6.07) is 14.4. The number of methoxy groups -OCH3 is 1. The summed E-state index contributed by atoms with van der Waals surface area (Å²) in [7, 11) is 1.66. The second kappa shape index (κ2) is 6.32. The van der Waals surface area contributed by atoms with E-state index in [0.29, 0.717) is 12.6 Å². The van der Waals surface area contributed by atoms with E-state index in [1.807, 2.05) is 43.3 Å². The molecule has 0 atom stereocenters. The van der Waals surface area contributed by atoms with E-state index in [1.165, 1.54) is 0 Å². The molecule has 0 amide bonds. The third-order valence-electron chi connectivity index (χ3n) is 4.14. The van der Waals surface area contributed by atoms with Crippen molar-refractivity contribution in [1.29, 1.82) is 0 Å². The number of hydrogen-bond donors (Lipinski definition) is 2. The zero-order valence-corrected chi connectivity index (χ0v) is 14.0. The van der Waals surface area contributed by atoms with Crippen molar-refractivity contribution in [2.45, 2.75) is 13.5 Å². The van der Waals surface area contributed by atoms with Gasteiger partial charge in [-0.15, -0.1) is 0 Å². The molecule has 25 heavy (non-hydrogen) atoms. The van der Waals surface area contributed by atoms with Crippen LogP contribution in [0.3, 0.4) is 0 Å². The highest BCUT2D eigenvalue weighted by Gasteiger charge is 2.09. The van der Waals surface area contributed by atoms with E-state index in [4.69, 9.17) is 9.15 Å². The minimum absolute atomic E-state index is 0.495. The SMILES string of the molecule is COc1ccc(CNc2ncc(-c3ccc4n[nH]c(C)c4c3)o2)cc1. The molecule has 0 aliphatic heterocycles. The van der Waals surface area contributed by atoms with E-state index in [-0.39, 0.29) is 0 Å². The van der Waals surface area contributed by atoms with Crippen molar-refractivity contribution in [3.63, 3.8) is 0 Å². The summed E-state index contributed by atoms with van der Waals surface area (Å²) in [5.74, 6) is 1.56. The van der Waals surface area contributed by atoms with Crippen LogP contribution in [0.25, 0.3) is 22.2 Å². The molecule has 2 aromatic carbocycles. The lowest BCUT2D eigenvalue weighted by atomic mass is 10.1. The lowest BCUT2D eigenvalue weighted by Crippen LogP contribution is -1.99. The molecule has 2 N–H and O–H groups in total. The van der Waals surface area contributed by atoms with Gasteiger partial charge in [0.25, 0.3) is 6.01 Å². The minimum Gasteiger partial charge on any atom is -0.497 e. The molecule has 0 aliphatic rings. The Kier molecular flexibility index (Phi) is 3.85. The van der Waals surface area contributed by atoms with Crippen LogP contribution in [0.5, 0.6) is 5.75 Å². The number of fused-ring (bicyclic) bond motifs is 1. The van der Waals surface area contributed by atoms with E-state index in [9.17, 15) is 0 Å². The Morgan fingerprint density at radius 2 is 2.00 bits per heavy atom. The van der Waals surface area contributed by atoms with Crippen LogP contribution in [0.1, 0.15) is 11.3 Å². The molecule has 0 bridgehead atoms. The van der Waals surface area contributed by atoms with E-state index in [2.05, 4.69) is 26.6 Å². The van der Waals surface area contributed by atoms with Gasteiger partial charge < -0.3 is 14.5 Å². The normalized spacial score (nSPS) is 11.0. The molecule has 0 radical (unpaired) electrons. The highest BCUT2D eigenvalue weighted by atomic mass is 16.5. The summed E-state index contributed by atoms with van der Waals surface area (Å²) in [6.45, 7) is 2.63. The van der Waals surface area contributed by atoms with Gasteiger partial charge in [-0.2, -0.15) is 5.10 Å². The second-order valence-corrected chi connectivity index (χ2v) is 5.81. The van der Waals surface area contributed by atoms with Gasteiger partial charge >= 0.3 is 0 Å². The van der Waals surface area contributed by atoms with Crippen molar-refractivity contribution in [3.05, 3.63) is 59.9 Å². The summed E-state index contributed by atoms with van der Waals surface area (Å²) in [5, 5.41) is 11.5. The van der Waals surface area contributed by atoms with Crippen molar-refractivity contribution in [2.24, 2.45) is 0 Å².